The second-order valence-electron chi connectivity index (χ2n) is 6.30. The molecule has 1 atom stereocenters. The third-order valence-corrected chi connectivity index (χ3v) is 4.71. The monoisotopic (exact) mass is 336 g/mol. The lowest BCUT2D eigenvalue weighted by atomic mass is 9.79. The summed E-state index contributed by atoms with van der Waals surface area (Å²) in [6.07, 6.45) is 3.54. The van der Waals surface area contributed by atoms with Crippen LogP contribution in [0.5, 0.6) is 0 Å². The van der Waals surface area contributed by atoms with E-state index < -0.39 is 11.9 Å². The average Bonchev–Trinajstić information content (AvgIpc) is 2.61. The molecule has 2 rings (SSSR count). The zero-order chi connectivity index (χ0) is 17.5. The van der Waals surface area contributed by atoms with Crippen LogP contribution < -0.4 is 0 Å². The van der Waals surface area contributed by atoms with Gasteiger partial charge in [0.1, 0.15) is 6.10 Å². The molecule has 1 unspecified atom stereocenters. The third-order valence-electron chi connectivity index (χ3n) is 4.71. The molecule has 3 N–H and O–H groups in total. The second-order valence-corrected chi connectivity index (χ2v) is 6.30. The molecule has 1 aliphatic carbocycles. The number of rotatable bonds is 7. The van der Waals surface area contributed by atoms with Crippen LogP contribution in [0.4, 0.5) is 0 Å². The number of esters is 1. The number of hydrogen-bond donors (Lipinski definition) is 3. The zero-order valence-electron chi connectivity index (χ0n) is 13.6. The Morgan fingerprint density at radius 3 is 2.12 bits per heavy atom. The molecule has 24 heavy (non-hydrogen) atoms. The van der Waals surface area contributed by atoms with Crippen LogP contribution in [0.25, 0.3) is 0 Å². The summed E-state index contributed by atoms with van der Waals surface area (Å²) < 4.78 is 5.58. The minimum Gasteiger partial charge on any atom is -0.478 e. The lowest BCUT2D eigenvalue weighted by Crippen LogP contribution is -2.32. The van der Waals surface area contributed by atoms with Gasteiger partial charge >= 0.3 is 11.9 Å². The van der Waals surface area contributed by atoms with Crippen LogP contribution in [-0.4, -0.2) is 46.6 Å². The van der Waals surface area contributed by atoms with E-state index in [1.165, 1.54) is 24.3 Å². The molecule has 0 heterocycles. The van der Waals surface area contributed by atoms with Crippen molar-refractivity contribution < 1.29 is 29.6 Å². The highest BCUT2D eigenvalue weighted by Crippen LogP contribution is 2.33. The van der Waals surface area contributed by atoms with Gasteiger partial charge in [-0.15, -0.1) is 0 Å². The molecule has 0 spiro atoms. The molecule has 1 aromatic rings. The first kappa shape index (κ1) is 18.4. The molecule has 6 heteroatoms. The Balaban J connectivity index is 1.99. The van der Waals surface area contributed by atoms with E-state index in [0.29, 0.717) is 17.9 Å². The fourth-order valence-electron chi connectivity index (χ4n) is 3.22. The number of hydrogen-bond acceptors (Lipinski definition) is 5. The number of carboxylic acid groups (broad SMARTS) is 1. The van der Waals surface area contributed by atoms with Crippen LogP contribution in [0, 0.1) is 11.8 Å². The Hall–Kier alpha value is -1.92. The van der Waals surface area contributed by atoms with Crippen molar-refractivity contribution >= 4 is 11.9 Å². The van der Waals surface area contributed by atoms with Crippen LogP contribution >= 0.6 is 0 Å². The number of benzene rings is 1. The van der Waals surface area contributed by atoms with Crippen LogP contribution in [-0.2, 0) is 4.74 Å². The van der Waals surface area contributed by atoms with Crippen molar-refractivity contribution in [2.75, 3.05) is 13.2 Å². The van der Waals surface area contributed by atoms with Crippen molar-refractivity contribution in [1.29, 1.82) is 0 Å². The van der Waals surface area contributed by atoms with Crippen molar-refractivity contribution in [3.63, 3.8) is 0 Å². The van der Waals surface area contributed by atoms with E-state index in [1.54, 1.807) is 0 Å². The van der Waals surface area contributed by atoms with Crippen LogP contribution in [0.2, 0.25) is 0 Å². The summed E-state index contributed by atoms with van der Waals surface area (Å²) in [6, 6.07) is 5.60. The molecular formula is C18H24O6. The van der Waals surface area contributed by atoms with E-state index in [4.69, 9.17) is 9.84 Å². The average molecular weight is 336 g/mol. The predicted octanol–water partition coefficient (Wildman–Crippen LogP) is 2.09. The summed E-state index contributed by atoms with van der Waals surface area (Å²) in [6.45, 7) is 0.128. The molecule has 0 amide bonds. The zero-order valence-corrected chi connectivity index (χ0v) is 13.6. The normalized spacial score (nSPS) is 21.9. The molecule has 132 valence electrons. The van der Waals surface area contributed by atoms with Crippen molar-refractivity contribution in [2.24, 2.45) is 11.8 Å². The predicted molar refractivity (Wildman–Crippen MR) is 86.8 cm³/mol. The molecule has 0 aromatic heterocycles. The standard InChI is InChI=1S/C18H24O6/c19-10-9-16(13-3-1-12(11-20)2-4-13)24-18(23)15-7-5-14(6-8-15)17(21)22/h5-8,12-13,16,19-20H,1-4,9-11H2,(H,21,22). The first-order chi connectivity index (χ1) is 11.5. The van der Waals surface area contributed by atoms with E-state index in [1.807, 2.05) is 0 Å². The van der Waals surface area contributed by atoms with Gasteiger partial charge in [-0.05, 0) is 61.8 Å². The van der Waals surface area contributed by atoms with Gasteiger partial charge in [0.25, 0.3) is 0 Å². The molecule has 0 bridgehead atoms. The fraction of sp³-hybridized carbons (Fsp3) is 0.556. The van der Waals surface area contributed by atoms with Gasteiger partial charge in [0.15, 0.2) is 0 Å². The molecule has 1 aliphatic rings. The summed E-state index contributed by atoms with van der Waals surface area (Å²) in [5.74, 6) is -1.05. The summed E-state index contributed by atoms with van der Waals surface area (Å²) in [5.41, 5.74) is 0.410. The lowest BCUT2D eigenvalue weighted by Gasteiger charge is -2.32. The van der Waals surface area contributed by atoms with Crippen LogP contribution in [0.1, 0.15) is 52.8 Å². The molecule has 6 nitrogen and oxygen atoms in total. The Bertz CT molecular complexity index is 545. The highest BCUT2D eigenvalue weighted by atomic mass is 16.5. The summed E-state index contributed by atoms with van der Waals surface area (Å²) >= 11 is 0. The largest absolute Gasteiger partial charge is 0.478 e. The second kappa shape index (κ2) is 8.80. The van der Waals surface area contributed by atoms with Gasteiger partial charge in [-0.2, -0.15) is 0 Å². The van der Waals surface area contributed by atoms with E-state index in [-0.39, 0.29) is 30.8 Å². The minimum atomic E-state index is -1.05. The van der Waals surface area contributed by atoms with E-state index in [0.717, 1.165) is 25.7 Å². The van der Waals surface area contributed by atoms with Crippen molar-refractivity contribution in [2.45, 2.75) is 38.2 Å². The number of aliphatic hydroxyl groups is 2. The smallest absolute Gasteiger partial charge is 0.338 e. The topological polar surface area (TPSA) is 104 Å². The van der Waals surface area contributed by atoms with E-state index in [2.05, 4.69) is 0 Å². The Labute approximate surface area is 141 Å². The third kappa shape index (κ3) is 4.79. The van der Waals surface area contributed by atoms with Crippen molar-refractivity contribution in [1.82, 2.24) is 0 Å². The van der Waals surface area contributed by atoms with E-state index >= 15 is 0 Å². The maximum atomic E-state index is 12.3. The molecule has 0 radical (unpaired) electrons. The first-order valence-electron chi connectivity index (χ1n) is 8.31. The van der Waals surface area contributed by atoms with Crippen molar-refractivity contribution in [3.05, 3.63) is 35.4 Å². The summed E-state index contributed by atoms with van der Waals surface area (Å²) in [5, 5.41) is 27.3. The Morgan fingerprint density at radius 2 is 1.62 bits per heavy atom. The van der Waals surface area contributed by atoms with Gasteiger partial charge in [0.05, 0.1) is 11.1 Å². The van der Waals surface area contributed by atoms with Gasteiger partial charge < -0.3 is 20.1 Å². The van der Waals surface area contributed by atoms with Crippen molar-refractivity contribution in [3.8, 4) is 0 Å². The number of carbonyl (C=O) groups is 2. The molecule has 1 aromatic carbocycles. The van der Waals surface area contributed by atoms with Crippen LogP contribution in [0.15, 0.2) is 24.3 Å². The maximum Gasteiger partial charge on any atom is 0.338 e. The van der Waals surface area contributed by atoms with E-state index in [9.17, 15) is 19.8 Å². The minimum absolute atomic E-state index is 0.0597. The Morgan fingerprint density at radius 1 is 1.04 bits per heavy atom. The Kier molecular flexibility index (Phi) is 6.75. The molecule has 1 saturated carbocycles. The summed E-state index contributed by atoms with van der Waals surface area (Å²) in [7, 11) is 0. The molecular weight excluding hydrogens is 312 g/mol. The number of ether oxygens (including phenoxy) is 1. The highest BCUT2D eigenvalue weighted by molar-refractivity contribution is 5.92. The SMILES string of the molecule is O=C(O)c1ccc(C(=O)OC(CCO)C2CCC(CO)CC2)cc1. The van der Waals surface area contributed by atoms with Gasteiger partial charge in [-0.25, -0.2) is 9.59 Å². The number of carboxylic acids is 1. The maximum absolute atomic E-state index is 12.3. The lowest BCUT2D eigenvalue weighted by molar-refractivity contribution is -0.00540. The summed E-state index contributed by atoms with van der Waals surface area (Å²) in [4.78, 5) is 23.1. The molecule has 0 saturated heterocycles. The fourth-order valence-corrected chi connectivity index (χ4v) is 3.22. The number of aromatic carboxylic acids is 1. The number of aliphatic hydroxyl groups excluding tert-OH is 2. The molecule has 0 aliphatic heterocycles. The number of carbonyl (C=O) groups excluding carboxylic acids is 1. The van der Waals surface area contributed by atoms with Crippen LogP contribution in [0.3, 0.4) is 0 Å². The van der Waals surface area contributed by atoms with Gasteiger partial charge in [-0.1, -0.05) is 0 Å². The first-order valence-corrected chi connectivity index (χ1v) is 8.31. The molecule has 1 fully saturated rings. The van der Waals surface area contributed by atoms with Gasteiger partial charge in [0, 0.05) is 19.6 Å². The van der Waals surface area contributed by atoms with Gasteiger partial charge in [0.2, 0.25) is 0 Å². The quantitative estimate of drug-likeness (QED) is 0.659. The highest BCUT2D eigenvalue weighted by Gasteiger charge is 2.30. The van der Waals surface area contributed by atoms with Gasteiger partial charge in [-0.3, -0.25) is 0 Å².